The van der Waals surface area contributed by atoms with Gasteiger partial charge in [0.25, 0.3) is 0 Å². The first-order valence-corrected chi connectivity index (χ1v) is 8.03. The van der Waals surface area contributed by atoms with Crippen LogP contribution < -0.4 is 0 Å². The molecule has 0 fully saturated rings. The van der Waals surface area contributed by atoms with Gasteiger partial charge in [0.2, 0.25) is 0 Å². The van der Waals surface area contributed by atoms with Crippen LogP contribution in [-0.4, -0.2) is 26.3 Å². The van der Waals surface area contributed by atoms with E-state index in [2.05, 4.69) is 11.2 Å². The van der Waals surface area contributed by atoms with Crippen LogP contribution in [-0.2, 0) is 6.54 Å². The number of rotatable bonds is 4. The molecular weight excluding hydrogens is 314 g/mol. The van der Waals surface area contributed by atoms with Crippen molar-refractivity contribution in [3.05, 3.63) is 53.7 Å². The van der Waals surface area contributed by atoms with Crippen molar-refractivity contribution in [2.75, 3.05) is 0 Å². The van der Waals surface area contributed by atoms with Crippen molar-refractivity contribution in [3.63, 3.8) is 0 Å². The number of Topliss-reactive ketones (excluding diaryl/α,β-unsaturated/α-hetero) is 1. The molecule has 25 heavy (non-hydrogen) atoms. The largest absolute Gasteiger partial charge is 0.389 e. The predicted molar refractivity (Wildman–Crippen MR) is 96.2 cm³/mol. The zero-order valence-electron chi connectivity index (χ0n) is 14.4. The van der Waals surface area contributed by atoms with Gasteiger partial charge in [0.15, 0.2) is 5.78 Å². The van der Waals surface area contributed by atoms with Crippen molar-refractivity contribution in [2.45, 2.75) is 32.9 Å². The third-order valence-electron chi connectivity index (χ3n) is 3.98. The molecule has 5 nitrogen and oxygen atoms in total. The number of aliphatic hydroxyl groups is 1. The lowest BCUT2D eigenvalue weighted by Gasteiger charge is -2.17. The van der Waals surface area contributed by atoms with Gasteiger partial charge in [0, 0.05) is 12.3 Å². The molecule has 0 atom stereocenters. The van der Waals surface area contributed by atoms with Gasteiger partial charge in [-0.3, -0.25) is 9.48 Å². The summed E-state index contributed by atoms with van der Waals surface area (Å²) in [4.78, 5) is 11.9. The Bertz CT molecular complexity index is 1000. The van der Waals surface area contributed by atoms with Crippen molar-refractivity contribution in [2.24, 2.45) is 0 Å². The summed E-state index contributed by atoms with van der Waals surface area (Å²) in [5.41, 5.74) is 2.47. The van der Waals surface area contributed by atoms with E-state index in [1.807, 2.05) is 36.4 Å². The Morgan fingerprint density at radius 1 is 1.28 bits per heavy atom. The number of nitriles is 1. The molecule has 0 amide bonds. The van der Waals surface area contributed by atoms with Crippen molar-refractivity contribution in [1.29, 1.82) is 5.26 Å². The number of fused-ring (bicyclic) bond motifs is 1. The molecule has 1 aromatic heterocycles. The van der Waals surface area contributed by atoms with Crippen LogP contribution >= 0.6 is 0 Å². The molecule has 1 heterocycles. The highest BCUT2D eigenvalue weighted by Crippen LogP contribution is 2.29. The van der Waals surface area contributed by atoms with Crippen LogP contribution in [0.1, 0.15) is 36.8 Å². The fourth-order valence-corrected chi connectivity index (χ4v) is 2.92. The summed E-state index contributed by atoms with van der Waals surface area (Å²) in [7, 11) is 0. The minimum absolute atomic E-state index is 0.121. The van der Waals surface area contributed by atoms with Gasteiger partial charge in [-0.1, -0.05) is 24.3 Å². The normalized spacial score (nSPS) is 11.5. The highest BCUT2D eigenvalue weighted by Gasteiger charge is 2.20. The minimum atomic E-state index is -0.965. The summed E-state index contributed by atoms with van der Waals surface area (Å²) >= 11 is 0. The number of aromatic nitrogens is 2. The Hall–Kier alpha value is -2.97. The van der Waals surface area contributed by atoms with Crippen LogP contribution in [0.25, 0.3) is 22.0 Å². The first kappa shape index (κ1) is 16.9. The molecule has 126 valence electrons. The van der Waals surface area contributed by atoms with Crippen molar-refractivity contribution in [3.8, 4) is 17.2 Å². The number of ketones is 1. The lowest BCUT2D eigenvalue weighted by Crippen LogP contribution is -2.26. The molecule has 3 rings (SSSR count). The molecular formula is C20H19N3O2. The fourth-order valence-electron chi connectivity index (χ4n) is 2.92. The molecule has 0 aliphatic rings. The Morgan fingerprint density at radius 2 is 2.00 bits per heavy atom. The van der Waals surface area contributed by atoms with E-state index in [0.29, 0.717) is 11.3 Å². The average Bonchev–Trinajstić information content (AvgIpc) is 2.91. The number of carbonyl (C=O) groups excluding carboxylic acids is 1. The van der Waals surface area contributed by atoms with Crippen LogP contribution in [0.3, 0.4) is 0 Å². The second-order valence-electron chi connectivity index (χ2n) is 6.76. The predicted octanol–water partition coefficient (Wildman–Crippen LogP) is 3.55. The van der Waals surface area contributed by atoms with E-state index >= 15 is 0 Å². The van der Waals surface area contributed by atoms with Gasteiger partial charge < -0.3 is 5.11 Å². The van der Waals surface area contributed by atoms with Crippen molar-refractivity contribution >= 4 is 16.7 Å². The molecule has 3 aromatic rings. The number of hydrogen-bond donors (Lipinski definition) is 1. The standard InChI is InChI=1S/C20H19N3O2/c1-13(24)19-17-9-8-14(16-7-5-4-6-15(16)11-21)10-18(17)23(22-19)12-20(2,3)25/h4-10,25H,12H2,1-3H3. The van der Waals surface area contributed by atoms with Gasteiger partial charge in [0.05, 0.1) is 29.3 Å². The van der Waals surface area contributed by atoms with Crippen LogP contribution in [0.5, 0.6) is 0 Å². The zero-order chi connectivity index (χ0) is 18.2. The highest BCUT2D eigenvalue weighted by atomic mass is 16.3. The molecule has 5 heteroatoms. The molecule has 0 saturated heterocycles. The Labute approximate surface area is 146 Å². The van der Waals surface area contributed by atoms with Crippen LogP contribution in [0.15, 0.2) is 42.5 Å². The molecule has 0 aliphatic carbocycles. The molecule has 0 unspecified atom stereocenters. The molecule has 2 aromatic carbocycles. The quantitative estimate of drug-likeness (QED) is 0.741. The number of benzene rings is 2. The molecule has 0 radical (unpaired) electrons. The van der Waals surface area contributed by atoms with Crippen LogP contribution in [0.2, 0.25) is 0 Å². The summed E-state index contributed by atoms with van der Waals surface area (Å²) in [6.07, 6.45) is 0. The lowest BCUT2D eigenvalue weighted by atomic mass is 9.99. The van der Waals surface area contributed by atoms with Gasteiger partial charge in [-0.25, -0.2) is 0 Å². The third kappa shape index (κ3) is 3.30. The first-order valence-electron chi connectivity index (χ1n) is 8.03. The second kappa shape index (κ2) is 6.15. The van der Waals surface area contributed by atoms with E-state index in [9.17, 15) is 15.2 Å². The minimum Gasteiger partial charge on any atom is -0.389 e. The number of nitrogens with zero attached hydrogens (tertiary/aromatic N) is 3. The van der Waals surface area contributed by atoms with Gasteiger partial charge in [0.1, 0.15) is 5.69 Å². The molecule has 0 bridgehead atoms. The SMILES string of the molecule is CC(=O)c1nn(CC(C)(C)O)c2cc(-c3ccccc3C#N)ccc12. The molecule has 0 aliphatic heterocycles. The van der Waals surface area contributed by atoms with Crippen LogP contribution in [0.4, 0.5) is 0 Å². The molecule has 0 spiro atoms. The monoisotopic (exact) mass is 333 g/mol. The number of hydrogen-bond acceptors (Lipinski definition) is 4. The summed E-state index contributed by atoms with van der Waals surface area (Å²) in [5.74, 6) is -0.121. The van der Waals surface area contributed by atoms with Gasteiger partial charge in [-0.05, 0) is 43.2 Å². The van der Waals surface area contributed by atoms with Crippen LogP contribution in [0, 0.1) is 11.3 Å². The fraction of sp³-hybridized carbons (Fsp3) is 0.250. The second-order valence-corrected chi connectivity index (χ2v) is 6.76. The maximum Gasteiger partial charge on any atom is 0.180 e. The van der Waals surface area contributed by atoms with E-state index in [-0.39, 0.29) is 12.3 Å². The summed E-state index contributed by atoms with van der Waals surface area (Å²) < 4.78 is 1.66. The van der Waals surface area contributed by atoms with E-state index < -0.39 is 5.60 Å². The molecule has 0 saturated carbocycles. The smallest absolute Gasteiger partial charge is 0.180 e. The number of carbonyl (C=O) groups is 1. The topological polar surface area (TPSA) is 78.9 Å². The molecule has 1 N–H and O–H groups in total. The lowest BCUT2D eigenvalue weighted by molar-refractivity contribution is 0.0588. The van der Waals surface area contributed by atoms with Crippen molar-refractivity contribution in [1.82, 2.24) is 9.78 Å². The summed E-state index contributed by atoms with van der Waals surface area (Å²) in [5, 5.41) is 24.6. The maximum absolute atomic E-state index is 11.9. The Balaban J connectivity index is 2.24. The Morgan fingerprint density at radius 3 is 2.64 bits per heavy atom. The van der Waals surface area contributed by atoms with E-state index in [1.165, 1.54) is 6.92 Å². The summed E-state index contributed by atoms with van der Waals surface area (Å²) in [6.45, 7) is 5.14. The zero-order valence-corrected chi connectivity index (χ0v) is 14.4. The maximum atomic E-state index is 11.9. The van der Waals surface area contributed by atoms with Gasteiger partial charge in [-0.2, -0.15) is 10.4 Å². The van der Waals surface area contributed by atoms with Crippen molar-refractivity contribution < 1.29 is 9.90 Å². The third-order valence-corrected chi connectivity index (χ3v) is 3.98. The average molecular weight is 333 g/mol. The highest BCUT2D eigenvalue weighted by molar-refractivity contribution is 6.05. The van der Waals surface area contributed by atoms with Gasteiger partial charge in [-0.15, -0.1) is 0 Å². The van der Waals surface area contributed by atoms with E-state index in [4.69, 9.17) is 0 Å². The first-order chi connectivity index (χ1) is 11.8. The van der Waals surface area contributed by atoms with Gasteiger partial charge >= 0.3 is 0 Å². The Kier molecular flexibility index (Phi) is 4.15. The summed E-state index contributed by atoms with van der Waals surface area (Å²) in [6, 6.07) is 15.2. The van der Waals surface area contributed by atoms with E-state index in [1.54, 1.807) is 24.6 Å². The van der Waals surface area contributed by atoms with E-state index in [0.717, 1.165) is 22.0 Å².